The number of carbonyl (C=O) groups excluding carboxylic acids is 5. The molecule has 270 valence electrons. The summed E-state index contributed by atoms with van der Waals surface area (Å²) in [7, 11) is 0. The van der Waals surface area contributed by atoms with Crippen molar-refractivity contribution in [3.8, 4) is 0 Å². The number of carboxylic acids is 1. The van der Waals surface area contributed by atoms with E-state index in [2.05, 4.69) is 21.3 Å². The Morgan fingerprint density at radius 2 is 1.60 bits per heavy atom. The summed E-state index contributed by atoms with van der Waals surface area (Å²) in [6.45, 7) is 10.1. The number of amides is 4. The van der Waals surface area contributed by atoms with E-state index >= 15 is 0 Å². The Hall–Kier alpha value is -4.23. The number of nitrogens with one attached hydrogen (secondary N) is 4. The fourth-order valence-corrected chi connectivity index (χ4v) is 8.03. The van der Waals surface area contributed by atoms with Crippen LogP contribution in [0.3, 0.4) is 0 Å². The number of rotatable bonds is 16. The van der Waals surface area contributed by atoms with Gasteiger partial charge in [0, 0.05) is 35.8 Å². The highest BCUT2D eigenvalue weighted by Crippen LogP contribution is 2.65. The first-order valence-electron chi connectivity index (χ1n) is 16.9. The van der Waals surface area contributed by atoms with Crippen molar-refractivity contribution in [1.29, 1.82) is 0 Å². The van der Waals surface area contributed by atoms with Crippen LogP contribution in [-0.4, -0.2) is 87.4 Å². The van der Waals surface area contributed by atoms with E-state index in [4.69, 9.17) is 0 Å². The van der Waals surface area contributed by atoms with Crippen molar-refractivity contribution in [2.45, 2.75) is 91.0 Å². The molecule has 4 amide bonds. The van der Waals surface area contributed by atoms with Gasteiger partial charge in [-0.25, -0.2) is 4.79 Å². The van der Waals surface area contributed by atoms with Crippen LogP contribution in [0, 0.1) is 11.3 Å². The van der Waals surface area contributed by atoms with Gasteiger partial charge in [0.2, 0.25) is 23.6 Å². The molecule has 0 aromatic heterocycles. The summed E-state index contributed by atoms with van der Waals surface area (Å²) in [5, 5.41) is 31.1. The van der Waals surface area contributed by atoms with Crippen LogP contribution in [0.5, 0.6) is 0 Å². The van der Waals surface area contributed by atoms with Crippen molar-refractivity contribution in [2.24, 2.45) is 11.3 Å². The normalized spacial score (nSPS) is 20.9. The molecule has 12 nitrogen and oxygen atoms in total. The van der Waals surface area contributed by atoms with Crippen LogP contribution in [0.15, 0.2) is 64.3 Å². The predicted molar refractivity (Wildman–Crippen MR) is 190 cm³/mol. The van der Waals surface area contributed by atoms with E-state index in [1.807, 2.05) is 33.8 Å². The SMILES string of the molecule is CC(=O)N[C@H](CSCC1=C(C)C=C2C(=O)[C@](C)(O)C3(CC3)C(C)=C21)C(=O)N[C@@H](CC(C)C)C(=O)NCC(=O)N[C@@H](Cc1ccccc1)C(=O)O. The standard InChI is InChI=1S/C37H48N4O8S/c1-20(2)14-27(33(45)38-17-30(43)40-28(35(47)48)16-24-10-8-7-9-11-24)41-34(46)29(39-23(5)42)19-50-18-26-21(3)15-25-31(26)22(4)37(12-13-37)36(6,49)32(25)44/h7-11,15,20,27-29,49H,12-14,16-19H2,1-6H3,(H,38,45)(H,39,42)(H,40,43)(H,41,46)(H,47,48)/t27-,28-,29+,36-/m0/s1. The van der Waals surface area contributed by atoms with Gasteiger partial charge >= 0.3 is 5.97 Å². The molecule has 0 radical (unpaired) electrons. The first-order valence-corrected chi connectivity index (χ1v) is 18.0. The molecule has 1 spiro atoms. The molecule has 3 aliphatic carbocycles. The molecule has 50 heavy (non-hydrogen) atoms. The number of ketones is 1. The highest BCUT2D eigenvalue weighted by Gasteiger charge is 2.65. The van der Waals surface area contributed by atoms with Gasteiger partial charge in [0.1, 0.15) is 23.7 Å². The van der Waals surface area contributed by atoms with E-state index in [0.29, 0.717) is 11.3 Å². The van der Waals surface area contributed by atoms with Gasteiger partial charge in [-0.15, -0.1) is 0 Å². The quantitative estimate of drug-likeness (QED) is 0.150. The molecule has 0 heterocycles. The highest BCUT2D eigenvalue weighted by molar-refractivity contribution is 7.99. The Morgan fingerprint density at radius 3 is 2.18 bits per heavy atom. The average molecular weight is 709 g/mol. The van der Waals surface area contributed by atoms with Crippen molar-refractivity contribution in [2.75, 3.05) is 18.1 Å². The molecule has 1 saturated carbocycles. The van der Waals surface area contributed by atoms with Gasteiger partial charge in [-0.2, -0.15) is 11.8 Å². The van der Waals surface area contributed by atoms with Crippen molar-refractivity contribution in [1.82, 2.24) is 21.3 Å². The molecule has 0 unspecified atom stereocenters. The molecule has 1 aromatic carbocycles. The first-order chi connectivity index (χ1) is 23.5. The summed E-state index contributed by atoms with van der Waals surface area (Å²) in [5.41, 5.74) is 2.99. The van der Waals surface area contributed by atoms with Crippen LogP contribution in [-0.2, 0) is 35.2 Å². The molecule has 0 saturated heterocycles. The topological polar surface area (TPSA) is 191 Å². The van der Waals surface area contributed by atoms with Crippen molar-refractivity contribution in [3.63, 3.8) is 0 Å². The third-order valence-corrected chi connectivity index (χ3v) is 10.8. The van der Waals surface area contributed by atoms with E-state index in [1.165, 1.54) is 18.7 Å². The minimum absolute atomic E-state index is 0.0139. The van der Waals surface area contributed by atoms with E-state index in [0.717, 1.165) is 40.7 Å². The molecule has 1 aromatic rings. The van der Waals surface area contributed by atoms with Crippen molar-refractivity contribution >= 4 is 47.1 Å². The first kappa shape index (κ1) is 38.6. The summed E-state index contributed by atoms with van der Waals surface area (Å²) in [5.74, 6) is -3.17. The number of carbonyl (C=O) groups is 6. The molecule has 1 fully saturated rings. The third-order valence-electron chi connectivity index (χ3n) is 9.77. The van der Waals surface area contributed by atoms with Crippen LogP contribution in [0.4, 0.5) is 0 Å². The summed E-state index contributed by atoms with van der Waals surface area (Å²) in [6.07, 6.45) is 3.62. The van der Waals surface area contributed by atoms with Crippen LogP contribution in [0.25, 0.3) is 0 Å². The monoisotopic (exact) mass is 708 g/mol. The number of Topliss-reactive ketones (excluding diaryl/α,β-unsaturated/α-hetero) is 1. The number of benzene rings is 1. The maximum Gasteiger partial charge on any atom is 0.326 e. The van der Waals surface area contributed by atoms with Crippen LogP contribution in [0.2, 0.25) is 0 Å². The lowest BCUT2D eigenvalue weighted by molar-refractivity contribution is -0.141. The van der Waals surface area contributed by atoms with Crippen molar-refractivity contribution in [3.05, 3.63) is 69.8 Å². The zero-order valence-corrected chi connectivity index (χ0v) is 30.3. The lowest BCUT2D eigenvalue weighted by Gasteiger charge is -2.39. The second kappa shape index (κ2) is 15.8. The number of aliphatic carboxylic acids is 1. The lowest BCUT2D eigenvalue weighted by atomic mass is 9.67. The number of allylic oxidation sites excluding steroid dienone is 3. The molecular weight excluding hydrogens is 660 g/mol. The van der Waals surface area contributed by atoms with Gasteiger partial charge in [0.25, 0.3) is 0 Å². The van der Waals surface area contributed by atoms with E-state index in [1.54, 1.807) is 37.3 Å². The summed E-state index contributed by atoms with van der Waals surface area (Å²) >= 11 is 1.41. The Morgan fingerprint density at radius 1 is 0.940 bits per heavy atom. The van der Waals surface area contributed by atoms with E-state index in [9.17, 15) is 39.0 Å². The maximum absolute atomic E-state index is 13.5. The minimum atomic E-state index is -1.45. The zero-order chi connectivity index (χ0) is 37.0. The third kappa shape index (κ3) is 8.55. The molecule has 3 aliphatic rings. The van der Waals surface area contributed by atoms with E-state index < -0.39 is 65.3 Å². The van der Waals surface area contributed by atoms with Gasteiger partial charge in [-0.05, 0) is 74.3 Å². The Balaban J connectivity index is 1.37. The Labute approximate surface area is 297 Å². The lowest BCUT2D eigenvalue weighted by Crippen LogP contribution is -2.55. The predicted octanol–water partition coefficient (Wildman–Crippen LogP) is 2.37. The Bertz CT molecular complexity index is 1640. The van der Waals surface area contributed by atoms with E-state index in [-0.39, 0.29) is 30.3 Å². The van der Waals surface area contributed by atoms with Crippen LogP contribution in [0.1, 0.15) is 66.4 Å². The zero-order valence-electron chi connectivity index (χ0n) is 29.5. The minimum Gasteiger partial charge on any atom is -0.480 e. The molecule has 13 heteroatoms. The fraction of sp³-hybridized carbons (Fsp3) is 0.514. The number of hydrogen-bond donors (Lipinski definition) is 6. The molecule has 0 bridgehead atoms. The second-order valence-corrected chi connectivity index (χ2v) is 15.1. The van der Waals surface area contributed by atoms with Gasteiger partial charge < -0.3 is 31.5 Å². The number of thioether (sulfide) groups is 1. The van der Waals surface area contributed by atoms with Crippen molar-refractivity contribution < 1.29 is 39.0 Å². The maximum atomic E-state index is 13.5. The molecule has 4 rings (SSSR count). The molecular formula is C37H48N4O8S. The summed E-state index contributed by atoms with van der Waals surface area (Å²) in [6, 6.07) is 5.64. The van der Waals surface area contributed by atoms with Gasteiger partial charge in [-0.3, -0.25) is 24.0 Å². The van der Waals surface area contributed by atoms with Gasteiger partial charge in [0.05, 0.1) is 6.54 Å². The molecule has 6 N–H and O–H groups in total. The highest BCUT2D eigenvalue weighted by atomic mass is 32.2. The summed E-state index contributed by atoms with van der Waals surface area (Å²) in [4.78, 5) is 76.5. The van der Waals surface area contributed by atoms with Crippen LogP contribution >= 0.6 is 11.8 Å². The summed E-state index contributed by atoms with van der Waals surface area (Å²) < 4.78 is 0. The fourth-order valence-electron chi connectivity index (χ4n) is 6.87. The Kier molecular flexibility index (Phi) is 12.2. The number of fused-ring (bicyclic) bond motifs is 1. The second-order valence-electron chi connectivity index (χ2n) is 14.0. The van der Waals surface area contributed by atoms with Crippen LogP contribution < -0.4 is 21.3 Å². The molecule has 0 aliphatic heterocycles. The molecule has 4 atom stereocenters. The number of aliphatic hydroxyl groups is 1. The average Bonchev–Trinajstić information content (AvgIpc) is 3.80. The van der Waals surface area contributed by atoms with Gasteiger partial charge in [-0.1, -0.05) is 49.8 Å². The number of hydrogen-bond acceptors (Lipinski definition) is 8. The smallest absolute Gasteiger partial charge is 0.326 e. The number of carboxylic acid groups (broad SMARTS) is 1. The van der Waals surface area contributed by atoms with Gasteiger partial charge in [0.15, 0.2) is 5.78 Å². The largest absolute Gasteiger partial charge is 0.480 e.